The number of nitrogens with two attached hydrogens (primary N) is 2. The van der Waals surface area contributed by atoms with Gasteiger partial charge in [-0.05, 0) is 6.92 Å². The van der Waals surface area contributed by atoms with Crippen LogP contribution in [-0.2, 0) is 4.74 Å². The molecule has 1 aromatic rings. The van der Waals surface area contributed by atoms with E-state index in [1.54, 1.807) is 13.0 Å². The molecule has 0 aliphatic rings. The van der Waals surface area contributed by atoms with Crippen LogP contribution >= 0.6 is 0 Å². The van der Waals surface area contributed by atoms with Gasteiger partial charge in [-0.25, -0.2) is 20.6 Å². The van der Waals surface area contributed by atoms with Gasteiger partial charge in [0.15, 0.2) is 0 Å². The van der Waals surface area contributed by atoms with Crippen molar-refractivity contribution >= 4 is 17.7 Å². The Bertz CT molecular complexity index is 370. The predicted molar refractivity (Wildman–Crippen MR) is 58.6 cm³/mol. The fourth-order valence-electron chi connectivity index (χ4n) is 1.06. The third-order valence-corrected chi connectivity index (χ3v) is 1.64. The van der Waals surface area contributed by atoms with E-state index in [1.165, 1.54) is 0 Å². The Morgan fingerprint density at radius 2 is 2.19 bits per heavy atom. The van der Waals surface area contributed by atoms with Gasteiger partial charge in [0.05, 0.1) is 6.54 Å². The van der Waals surface area contributed by atoms with E-state index < -0.39 is 6.09 Å². The van der Waals surface area contributed by atoms with Crippen molar-refractivity contribution in [3.8, 4) is 0 Å². The summed E-state index contributed by atoms with van der Waals surface area (Å²) in [6.45, 7) is 2.32. The lowest BCUT2D eigenvalue weighted by Gasteiger charge is -2.07. The highest BCUT2D eigenvalue weighted by Crippen LogP contribution is 2.09. The monoisotopic (exact) mass is 226 g/mol. The van der Waals surface area contributed by atoms with Gasteiger partial charge in [0.1, 0.15) is 24.1 Å². The third-order valence-electron chi connectivity index (χ3n) is 1.64. The summed E-state index contributed by atoms with van der Waals surface area (Å²) in [5, 5.41) is 2.94. The van der Waals surface area contributed by atoms with E-state index in [0.29, 0.717) is 24.0 Å². The van der Waals surface area contributed by atoms with Crippen LogP contribution in [0.1, 0.15) is 5.82 Å². The predicted octanol–water partition coefficient (Wildman–Crippen LogP) is -0.422. The van der Waals surface area contributed by atoms with Crippen molar-refractivity contribution in [2.75, 3.05) is 23.9 Å². The van der Waals surface area contributed by atoms with Crippen LogP contribution in [0.25, 0.3) is 0 Å². The van der Waals surface area contributed by atoms with Crippen LogP contribution in [0.3, 0.4) is 0 Å². The van der Waals surface area contributed by atoms with Gasteiger partial charge < -0.3 is 21.2 Å². The molecule has 0 aliphatic heterocycles. The number of hydrogen-bond donors (Lipinski definition) is 4. The van der Waals surface area contributed by atoms with Crippen molar-refractivity contribution in [2.45, 2.75) is 6.92 Å². The van der Waals surface area contributed by atoms with Gasteiger partial charge in [-0.3, -0.25) is 0 Å². The standard InChI is InChI=1S/C8H14N6O2/c1-5-12-6(4-7(13-5)14-10)11-2-3-16-8(9)15/h4H,2-3,10H2,1H3,(H2,9,15)(H2,11,12,13,14). The van der Waals surface area contributed by atoms with Gasteiger partial charge in [0.2, 0.25) is 0 Å². The smallest absolute Gasteiger partial charge is 0.404 e. The minimum absolute atomic E-state index is 0.170. The molecule has 0 bridgehead atoms. The lowest BCUT2D eigenvalue weighted by molar-refractivity contribution is 0.161. The zero-order valence-electron chi connectivity index (χ0n) is 8.86. The first kappa shape index (κ1) is 12.0. The fourth-order valence-corrected chi connectivity index (χ4v) is 1.06. The quantitative estimate of drug-likeness (QED) is 0.305. The molecular formula is C8H14N6O2. The van der Waals surface area contributed by atoms with E-state index in [9.17, 15) is 4.79 Å². The number of anilines is 2. The molecule has 1 aromatic heterocycles. The summed E-state index contributed by atoms with van der Waals surface area (Å²) in [4.78, 5) is 18.4. The topological polar surface area (TPSA) is 128 Å². The van der Waals surface area contributed by atoms with Crippen LogP contribution in [0.2, 0.25) is 0 Å². The van der Waals surface area contributed by atoms with E-state index in [1.807, 2.05) is 0 Å². The van der Waals surface area contributed by atoms with Crippen LogP contribution in [0, 0.1) is 6.92 Å². The van der Waals surface area contributed by atoms with Crippen LogP contribution in [0.15, 0.2) is 6.07 Å². The molecular weight excluding hydrogens is 212 g/mol. The van der Waals surface area contributed by atoms with Gasteiger partial charge in [0, 0.05) is 6.07 Å². The number of nitrogens with zero attached hydrogens (tertiary/aromatic N) is 2. The Labute approximate surface area is 92.4 Å². The largest absolute Gasteiger partial charge is 0.448 e. The molecule has 1 heterocycles. The van der Waals surface area contributed by atoms with Crippen molar-refractivity contribution < 1.29 is 9.53 Å². The molecule has 0 aliphatic carbocycles. The Morgan fingerprint density at radius 1 is 1.50 bits per heavy atom. The maximum atomic E-state index is 10.3. The molecule has 1 amide bonds. The average molecular weight is 226 g/mol. The average Bonchev–Trinajstić information content (AvgIpc) is 2.23. The van der Waals surface area contributed by atoms with E-state index in [2.05, 4.69) is 25.4 Å². The van der Waals surface area contributed by atoms with Gasteiger partial charge >= 0.3 is 6.09 Å². The van der Waals surface area contributed by atoms with Crippen LogP contribution in [-0.4, -0.2) is 29.2 Å². The molecule has 0 radical (unpaired) electrons. The molecule has 8 nitrogen and oxygen atoms in total. The zero-order chi connectivity index (χ0) is 12.0. The minimum Gasteiger partial charge on any atom is -0.448 e. The molecule has 16 heavy (non-hydrogen) atoms. The van der Waals surface area contributed by atoms with Gasteiger partial charge in [0.25, 0.3) is 0 Å². The summed E-state index contributed by atoms with van der Waals surface area (Å²) in [5.41, 5.74) is 7.22. The second kappa shape index (κ2) is 5.71. The molecule has 0 aromatic carbocycles. The van der Waals surface area contributed by atoms with Crippen LogP contribution < -0.4 is 22.3 Å². The van der Waals surface area contributed by atoms with Crippen molar-refractivity contribution in [3.05, 3.63) is 11.9 Å². The number of hydrogen-bond acceptors (Lipinski definition) is 7. The number of hydrazine groups is 1. The number of aromatic nitrogens is 2. The van der Waals surface area contributed by atoms with Gasteiger partial charge in [-0.2, -0.15) is 0 Å². The van der Waals surface area contributed by atoms with Gasteiger partial charge in [-0.1, -0.05) is 0 Å². The summed E-state index contributed by atoms with van der Waals surface area (Å²) in [5.74, 6) is 6.90. The lowest BCUT2D eigenvalue weighted by Crippen LogP contribution is -2.19. The molecule has 0 spiro atoms. The molecule has 0 saturated heterocycles. The lowest BCUT2D eigenvalue weighted by atomic mass is 10.5. The van der Waals surface area contributed by atoms with Crippen molar-refractivity contribution in [1.29, 1.82) is 0 Å². The van der Waals surface area contributed by atoms with E-state index in [0.717, 1.165) is 0 Å². The SMILES string of the molecule is Cc1nc(NN)cc(NCCOC(N)=O)n1. The maximum absolute atomic E-state index is 10.3. The van der Waals surface area contributed by atoms with E-state index in [-0.39, 0.29) is 6.61 Å². The Balaban J connectivity index is 2.47. The first-order valence-corrected chi connectivity index (χ1v) is 4.60. The molecule has 1 rings (SSSR count). The number of primary amides is 1. The Hall–Kier alpha value is -2.09. The normalized spacial score (nSPS) is 9.62. The van der Waals surface area contributed by atoms with Crippen molar-refractivity contribution in [1.82, 2.24) is 9.97 Å². The number of aryl methyl sites for hydroxylation is 1. The first-order valence-electron chi connectivity index (χ1n) is 4.60. The second-order valence-corrected chi connectivity index (χ2v) is 2.92. The number of nitrogens with one attached hydrogen (secondary N) is 2. The molecule has 0 fully saturated rings. The zero-order valence-corrected chi connectivity index (χ0v) is 8.86. The van der Waals surface area contributed by atoms with Crippen LogP contribution in [0.4, 0.5) is 16.4 Å². The minimum atomic E-state index is -0.801. The number of carbonyl (C=O) groups excluding carboxylic acids is 1. The summed E-state index contributed by atoms with van der Waals surface area (Å²) in [6, 6.07) is 1.64. The van der Waals surface area contributed by atoms with Crippen molar-refractivity contribution in [2.24, 2.45) is 11.6 Å². The van der Waals surface area contributed by atoms with Gasteiger partial charge in [-0.15, -0.1) is 0 Å². The first-order chi connectivity index (χ1) is 7.61. The van der Waals surface area contributed by atoms with E-state index >= 15 is 0 Å². The summed E-state index contributed by atoms with van der Waals surface area (Å²) in [7, 11) is 0. The highest BCUT2D eigenvalue weighted by atomic mass is 16.5. The summed E-state index contributed by atoms with van der Waals surface area (Å²) < 4.78 is 4.54. The highest BCUT2D eigenvalue weighted by molar-refractivity contribution is 5.64. The van der Waals surface area contributed by atoms with Crippen molar-refractivity contribution in [3.63, 3.8) is 0 Å². The van der Waals surface area contributed by atoms with E-state index in [4.69, 9.17) is 11.6 Å². The maximum Gasteiger partial charge on any atom is 0.404 e. The Kier molecular flexibility index (Phi) is 4.28. The van der Waals surface area contributed by atoms with Crippen LogP contribution in [0.5, 0.6) is 0 Å². The summed E-state index contributed by atoms with van der Waals surface area (Å²) in [6.07, 6.45) is -0.801. The molecule has 0 saturated carbocycles. The number of rotatable bonds is 5. The molecule has 0 atom stereocenters. The summed E-state index contributed by atoms with van der Waals surface area (Å²) >= 11 is 0. The highest BCUT2D eigenvalue weighted by Gasteiger charge is 2.00. The molecule has 0 unspecified atom stereocenters. The molecule has 6 N–H and O–H groups in total. The number of nitrogen functional groups attached to an aromatic ring is 1. The number of ether oxygens (including phenoxy) is 1. The fraction of sp³-hybridized carbons (Fsp3) is 0.375. The second-order valence-electron chi connectivity index (χ2n) is 2.92. The third kappa shape index (κ3) is 3.96. The molecule has 8 heteroatoms. The number of amides is 1. The molecule has 88 valence electrons. The Morgan fingerprint density at radius 3 is 2.81 bits per heavy atom. The number of carbonyl (C=O) groups is 1.